The van der Waals surface area contributed by atoms with E-state index in [1.54, 1.807) is 0 Å². The van der Waals surface area contributed by atoms with Crippen LogP contribution in [0.5, 0.6) is 0 Å². The van der Waals surface area contributed by atoms with Crippen molar-refractivity contribution in [2.75, 3.05) is 5.75 Å². The Bertz CT molecular complexity index is 828. The fourth-order valence-corrected chi connectivity index (χ4v) is 4.00. The molecule has 0 saturated carbocycles. The third kappa shape index (κ3) is 4.28. The highest BCUT2D eigenvalue weighted by Gasteiger charge is 2.34. The summed E-state index contributed by atoms with van der Waals surface area (Å²) in [6, 6.07) is 9.34. The van der Waals surface area contributed by atoms with Crippen LogP contribution in [0.4, 0.5) is 13.2 Å². The van der Waals surface area contributed by atoms with Gasteiger partial charge in [0.2, 0.25) is 0 Å². The highest BCUT2D eigenvalue weighted by atomic mass is 35.5. The second-order valence-corrected chi connectivity index (χ2v) is 7.99. The molecule has 1 N–H and O–H groups in total. The van der Waals surface area contributed by atoms with Crippen LogP contribution < -0.4 is 0 Å². The molecule has 0 heterocycles. The molecule has 0 aliphatic heterocycles. The molecule has 0 aliphatic rings. The normalized spacial score (nSPS) is 15.1. The van der Waals surface area contributed by atoms with Gasteiger partial charge < -0.3 is 5.11 Å². The molecule has 0 bridgehead atoms. The molecule has 0 amide bonds. The minimum absolute atomic E-state index is 0.294. The summed E-state index contributed by atoms with van der Waals surface area (Å²) < 4.78 is 63.0. The molecule has 3 nitrogen and oxygen atoms in total. The fourth-order valence-electron chi connectivity index (χ4n) is 2.21. The van der Waals surface area contributed by atoms with Gasteiger partial charge in [0, 0.05) is 5.02 Å². The number of halogens is 4. The van der Waals surface area contributed by atoms with Crippen LogP contribution in [0.25, 0.3) is 0 Å². The molecular formula is C16H14ClF3O3S. The minimum atomic E-state index is -4.65. The van der Waals surface area contributed by atoms with Crippen molar-refractivity contribution in [3.05, 3.63) is 64.7 Å². The predicted octanol–water partition coefficient (Wildman–Crippen LogP) is 4.04. The van der Waals surface area contributed by atoms with Crippen LogP contribution in [0.2, 0.25) is 5.02 Å². The van der Waals surface area contributed by atoms with E-state index in [0.29, 0.717) is 16.7 Å². The van der Waals surface area contributed by atoms with Crippen molar-refractivity contribution >= 4 is 21.4 Å². The van der Waals surface area contributed by atoms with Gasteiger partial charge in [0.05, 0.1) is 16.2 Å². The monoisotopic (exact) mass is 378 g/mol. The molecule has 0 aliphatic carbocycles. The largest absolute Gasteiger partial charge is 0.416 e. The summed E-state index contributed by atoms with van der Waals surface area (Å²) in [6.07, 6.45) is -4.65. The van der Waals surface area contributed by atoms with Crippen molar-refractivity contribution < 1.29 is 26.7 Å². The summed E-state index contributed by atoms with van der Waals surface area (Å²) in [4.78, 5) is -0.494. The van der Waals surface area contributed by atoms with Crippen LogP contribution in [0, 0.1) is 0 Å². The van der Waals surface area contributed by atoms with Crippen molar-refractivity contribution in [2.45, 2.75) is 23.6 Å². The van der Waals surface area contributed by atoms with Crippen LogP contribution in [0.15, 0.2) is 53.4 Å². The summed E-state index contributed by atoms with van der Waals surface area (Å²) in [6.45, 7) is 1.28. The topological polar surface area (TPSA) is 54.4 Å². The molecular weight excluding hydrogens is 365 g/mol. The molecule has 0 radical (unpaired) electrons. The van der Waals surface area contributed by atoms with E-state index in [-0.39, 0.29) is 0 Å². The Morgan fingerprint density at radius 2 is 1.62 bits per heavy atom. The number of alkyl halides is 3. The number of aliphatic hydroxyl groups is 1. The van der Waals surface area contributed by atoms with Gasteiger partial charge >= 0.3 is 6.18 Å². The molecule has 8 heteroatoms. The van der Waals surface area contributed by atoms with Gasteiger partial charge in [0.1, 0.15) is 5.60 Å². The first-order valence-corrected chi connectivity index (χ1v) is 8.83. The van der Waals surface area contributed by atoms with Gasteiger partial charge in [-0.3, -0.25) is 0 Å². The highest BCUT2D eigenvalue weighted by molar-refractivity contribution is 7.91. The molecule has 1 unspecified atom stereocenters. The lowest BCUT2D eigenvalue weighted by Crippen LogP contribution is -2.31. The van der Waals surface area contributed by atoms with E-state index in [2.05, 4.69) is 0 Å². The van der Waals surface area contributed by atoms with Crippen molar-refractivity contribution in [2.24, 2.45) is 0 Å². The SMILES string of the molecule is CC(O)(CS(=O)(=O)c1cccc(C(F)(F)F)c1)c1ccc(Cl)cc1. The number of rotatable bonds is 4. The van der Waals surface area contributed by atoms with Crippen LogP contribution in [0.3, 0.4) is 0 Å². The number of benzene rings is 2. The van der Waals surface area contributed by atoms with Crippen molar-refractivity contribution in [3.63, 3.8) is 0 Å². The Hall–Kier alpha value is -1.57. The molecule has 2 aromatic carbocycles. The highest BCUT2D eigenvalue weighted by Crippen LogP contribution is 2.32. The zero-order valence-corrected chi connectivity index (χ0v) is 14.1. The molecule has 1 atom stereocenters. The minimum Gasteiger partial charge on any atom is -0.384 e. The van der Waals surface area contributed by atoms with Gasteiger partial charge in [-0.1, -0.05) is 29.8 Å². The van der Waals surface area contributed by atoms with E-state index in [0.717, 1.165) is 18.2 Å². The summed E-state index contributed by atoms with van der Waals surface area (Å²) in [5, 5.41) is 10.9. The van der Waals surface area contributed by atoms with Crippen LogP contribution in [-0.4, -0.2) is 19.3 Å². The summed E-state index contributed by atoms with van der Waals surface area (Å²) in [5.41, 5.74) is -2.55. The van der Waals surface area contributed by atoms with Gasteiger partial charge in [-0.05, 0) is 42.8 Å². The second-order valence-electron chi connectivity index (χ2n) is 5.57. The van der Waals surface area contributed by atoms with E-state index in [1.165, 1.54) is 31.2 Å². The van der Waals surface area contributed by atoms with E-state index in [9.17, 15) is 26.7 Å². The van der Waals surface area contributed by atoms with E-state index < -0.39 is 37.8 Å². The van der Waals surface area contributed by atoms with Crippen LogP contribution in [-0.2, 0) is 21.6 Å². The average Bonchev–Trinajstić information content (AvgIpc) is 2.46. The van der Waals surface area contributed by atoms with E-state index in [4.69, 9.17) is 11.6 Å². The third-order valence-corrected chi connectivity index (χ3v) is 5.62. The maximum Gasteiger partial charge on any atom is 0.416 e. The molecule has 0 spiro atoms. The zero-order valence-electron chi connectivity index (χ0n) is 12.5. The third-order valence-electron chi connectivity index (χ3n) is 3.46. The average molecular weight is 379 g/mol. The molecule has 24 heavy (non-hydrogen) atoms. The number of hydrogen-bond donors (Lipinski definition) is 1. The number of sulfone groups is 1. The quantitative estimate of drug-likeness (QED) is 0.873. The standard InChI is InChI=1S/C16H14ClF3O3S/c1-15(21,11-5-7-13(17)8-6-11)10-24(22,23)14-4-2-3-12(9-14)16(18,19)20/h2-9,21H,10H2,1H3. The molecule has 0 fully saturated rings. The second kappa shape index (κ2) is 6.38. The number of hydrogen-bond acceptors (Lipinski definition) is 3. The van der Waals surface area contributed by atoms with Crippen molar-refractivity contribution in [3.8, 4) is 0 Å². The lowest BCUT2D eigenvalue weighted by molar-refractivity contribution is -0.137. The first-order valence-electron chi connectivity index (χ1n) is 6.80. The molecule has 2 rings (SSSR count). The summed E-state index contributed by atoms with van der Waals surface area (Å²) in [7, 11) is -4.14. The van der Waals surface area contributed by atoms with Gasteiger partial charge in [-0.2, -0.15) is 13.2 Å². The molecule has 130 valence electrons. The van der Waals surface area contributed by atoms with Gasteiger partial charge in [-0.15, -0.1) is 0 Å². The molecule has 2 aromatic rings. The van der Waals surface area contributed by atoms with E-state index >= 15 is 0 Å². The Labute approximate surface area is 142 Å². The maximum absolute atomic E-state index is 12.7. The first kappa shape index (κ1) is 18.8. The van der Waals surface area contributed by atoms with Crippen LogP contribution >= 0.6 is 11.6 Å². The smallest absolute Gasteiger partial charge is 0.384 e. The Kier molecular flexibility index (Phi) is 4.99. The summed E-state index contributed by atoms with van der Waals surface area (Å²) in [5.74, 6) is -0.761. The predicted molar refractivity (Wildman–Crippen MR) is 84.5 cm³/mol. The molecule has 0 saturated heterocycles. The Balaban J connectivity index is 2.36. The van der Waals surface area contributed by atoms with Gasteiger partial charge in [-0.25, -0.2) is 8.42 Å². The zero-order chi connectivity index (χ0) is 18.2. The maximum atomic E-state index is 12.7. The van der Waals surface area contributed by atoms with Gasteiger partial charge in [0.25, 0.3) is 0 Å². The first-order chi connectivity index (χ1) is 10.9. The Morgan fingerprint density at radius 3 is 2.17 bits per heavy atom. The van der Waals surface area contributed by atoms with Crippen molar-refractivity contribution in [1.82, 2.24) is 0 Å². The lowest BCUT2D eigenvalue weighted by Gasteiger charge is -2.24. The van der Waals surface area contributed by atoms with Gasteiger partial charge in [0.15, 0.2) is 9.84 Å². The molecule has 0 aromatic heterocycles. The van der Waals surface area contributed by atoms with Crippen LogP contribution in [0.1, 0.15) is 18.1 Å². The lowest BCUT2D eigenvalue weighted by atomic mass is 9.98. The summed E-state index contributed by atoms with van der Waals surface area (Å²) >= 11 is 5.74. The van der Waals surface area contributed by atoms with E-state index in [1.807, 2.05) is 0 Å². The fraction of sp³-hybridized carbons (Fsp3) is 0.250. The van der Waals surface area contributed by atoms with Crippen molar-refractivity contribution in [1.29, 1.82) is 0 Å². The Morgan fingerprint density at radius 1 is 1.04 bits per heavy atom.